The number of likely N-dealkylation sites (tertiary alicyclic amines) is 1. The summed E-state index contributed by atoms with van der Waals surface area (Å²) < 4.78 is 22.0. The molecule has 0 aromatic heterocycles. The maximum absolute atomic E-state index is 13.4. The molecule has 2 fully saturated rings. The Labute approximate surface area is 217 Å². The molecule has 2 aromatic carbocycles. The predicted octanol–water partition coefficient (Wildman–Crippen LogP) is 3.16. The molecule has 0 spiro atoms. The van der Waals surface area contributed by atoms with Crippen LogP contribution in [0.2, 0.25) is 0 Å². The summed E-state index contributed by atoms with van der Waals surface area (Å²) in [5.41, 5.74) is 1.93. The highest BCUT2D eigenvalue weighted by Crippen LogP contribution is 2.42. The number of hydrogen-bond acceptors (Lipinski definition) is 8. The van der Waals surface area contributed by atoms with E-state index < -0.39 is 17.7 Å². The average molecular weight is 511 g/mol. The first-order valence-corrected chi connectivity index (χ1v) is 12.4. The number of ketones is 1. The van der Waals surface area contributed by atoms with Crippen molar-refractivity contribution < 1.29 is 33.6 Å². The molecule has 0 radical (unpaired) electrons. The highest BCUT2D eigenvalue weighted by molar-refractivity contribution is 6.46. The zero-order chi connectivity index (χ0) is 26.5. The van der Waals surface area contributed by atoms with Crippen LogP contribution in [0.5, 0.6) is 17.2 Å². The molecule has 9 nitrogen and oxygen atoms in total. The molecular weight excluding hydrogens is 476 g/mol. The van der Waals surface area contributed by atoms with Crippen molar-refractivity contribution in [3.05, 3.63) is 58.7 Å². The molecule has 4 rings (SSSR count). The van der Waals surface area contributed by atoms with Crippen LogP contribution in [0.15, 0.2) is 42.0 Å². The van der Waals surface area contributed by atoms with Gasteiger partial charge in [0.2, 0.25) is 0 Å². The van der Waals surface area contributed by atoms with Crippen LogP contribution in [0.4, 0.5) is 0 Å². The maximum atomic E-state index is 13.4. The van der Waals surface area contributed by atoms with E-state index in [4.69, 9.17) is 18.9 Å². The molecule has 0 saturated carbocycles. The number of ether oxygens (including phenoxy) is 4. The lowest BCUT2D eigenvalue weighted by molar-refractivity contribution is -0.140. The molecule has 2 saturated heterocycles. The number of carbonyl (C=O) groups excluding carboxylic acids is 2. The molecule has 9 heteroatoms. The third kappa shape index (κ3) is 5.42. The number of rotatable bonds is 9. The first-order valence-electron chi connectivity index (χ1n) is 12.4. The number of benzene rings is 2. The summed E-state index contributed by atoms with van der Waals surface area (Å²) in [4.78, 5) is 30.4. The van der Waals surface area contributed by atoms with E-state index in [1.54, 1.807) is 43.5 Å². The normalized spacial score (nSPS) is 19.8. The number of carbonyl (C=O) groups is 2. The Morgan fingerprint density at radius 1 is 1.00 bits per heavy atom. The zero-order valence-corrected chi connectivity index (χ0v) is 21.8. The van der Waals surface area contributed by atoms with Gasteiger partial charge >= 0.3 is 0 Å². The fourth-order valence-electron chi connectivity index (χ4n) is 4.84. The summed E-state index contributed by atoms with van der Waals surface area (Å²) in [6, 6.07) is 9.69. The molecule has 198 valence electrons. The van der Waals surface area contributed by atoms with Gasteiger partial charge < -0.3 is 29.0 Å². The molecule has 0 unspecified atom stereocenters. The topological polar surface area (TPSA) is 97.8 Å². The molecule has 1 amide bonds. The van der Waals surface area contributed by atoms with Crippen molar-refractivity contribution >= 4 is 17.4 Å². The van der Waals surface area contributed by atoms with E-state index >= 15 is 0 Å². The fourth-order valence-corrected chi connectivity index (χ4v) is 4.84. The van der Waals surface area contributed by atoms with Crippen molar-refractivity contribution in [1.82, 2.24) is 9.80 Å². The van der Waals surface area contributed by atoms with Crippen LogP contribution in [0.3, 0.4) is 0 Å². The van der Waals surface area contributed by atoms with Gasteiger partial charge in [0.05, 0.1) is 45.7 Å². The van der Waals surface area contributed by atoms with Gasteiger partial charge in [-0.25, -0.2) is 0 Å². The molecule has 2 aliphatic rings. The minimum Gasteiger partial charge on any atom is -0.507 e. The lowest BCUT2D eigenvalue weighted by atomic mass is 9.94. The van der Waals surface area contributed by atoms with Crippen LogP contribution in [-0.4, -0.2) is 86.8 Å². The van der Waals surface area contributed by atoms with Gasteiger partial charge in [0.15, 0.2) is 11.5 Å². The fraction of sp³-hybridized carbons (Fsp3) is 0.429. The van der Waals surface area contributed by atoms with Crippen molar-refractivity contribution in [3.63, 3.8) is 0 Å². The number of nitrogens with zero attached hydrogens (tertiary/aromatic N) is 2. The van der Waals surface area contributed by atoms with E-state index in [2.05, 4.69) is 4.90 Å². The molecule has 37 heavy (non-hydrogen) atoms. The van der Waals surface area contributed by atoms with Crippen LogP contribution < -0.4 is 14.2 Å². The minimum atomic E-state index is -0.784. The minimum absolute atomic E-state index is 0.0442. The van der Waals surface area contributed by atoms with Gasteiger partial charge in [-0.3, -0.25) is 14.5 Å². The first-order chi connectivity index (χ1) is 17.9. The Morgan fingerprint density at radius 3 is 2.35 bits per heavy atom. The average Bonchev–Trinajstić information content (AvgIpc) is 3.17. The van der Waals surface area contributed by atoms with Crippen molar-refractivity contribution in [2.75, 3.05) is 60.2 Å². The molecule has 0 aliphatic carbocycles. The number of hydrogen-bond donors (Lipinski definition) is 1. The van der Waals surface area contributed by atoms with Gasteiger partial charge in [0.25, 0.3) is 11.7 Å². The third-order valence-corrected chi connectivity index (χ3v) is 6.77. The second-order valence-electron chi connectivity index (χ2n) is 8.97. The van der Waals surface area contributed by atoms with Crippen molar-refractivity contribution in [3.8, 4) is 17.2 Å². The van der Waals surface area contributed by atoms with E-state index in [1.165, 1.54) is 12.0 Å². The van der Waals surface area contributed by atoms with Gasteiger partial charge in [-0.15, -0.1) is 0 Å². The number of methoxy groups -OCH3 is 2. The summed E-state index contributed by atoms with van der Waals surface area (Å²) in [7, 11) is 3.11. The molecule has 0 bridgehead atoms. The van der Waals surface area contributed by atoms with Crippen LogP contribution in [0, 0.1) is 6.92 Å². The van der Waals surface area contributed by atoms with Gasteiger partial charge in [0, 0.05) is 31.7 Å². The van der Waals surface area contributed by atoms with E-state index in [9.17, 15) is 14.7 Å². The quantitative estimate of drug-likeness (QED) is 0.312. The zero-order valence-electron chi connectivity index (χ0n) is 21.8. The SMILES string of the molecule is CCOc1ccc([C@@H]2/C(=C(\O)c3ccc(OC)c(C)c3)C(=O)C(=O)N2CCN2CCOCC2)cc1OC. The van der Waals surface area contributed by atoms with E-state index in [1.807, 2.05) is 13.8 Å². The molecule has 1 atom stereocenters. The molecule has 1 N–H and O–H groups in total. The van der Waals surface area contributed by atoms with E-state index in [-0.39, 0.29) is 11.3 Å². The highest BCUT2D eigenvalue weighted by atomic mass is 16.5. The largest absolute Gasteiger partial charge is 0.507 e. The van der Waals surface area contributed by atoms with Gasteiger partial charge in [-0.1, -0.05) is 6.07 Å². The molecule has 2 heterocycles. The van der Waals surface area contributed by atoms with Gasteiger partial charge in [-0.05, 0) is 55.3 Å². The summed E-state index contributed by atoms with van der Waals surface area (Å²) in [6.45, 7) is 7.89. The summed E-state index contributed by atoms with van der Waals surface area (Å²) in [5.74, 6) is 0.123. The summed E-state index contributed by atoms with van der Waals surface area (Å²) in [6.07, 6.45) is 0. The predicted molar refractivity (Wildman–Crippen MR) is 138 cm³/mol. The van der Waals surface area contributed by atoms with Crippen LogP contribution >= 0.6 is 0 Å². The van der Waals surface area contributed by atoms with Crippen LogP contribution in [0.25, 0.3) is 5.76 Å². The van der Waals surface area contributed by atoms with Gasteiger partial charge in [0.1, 0.15) is 11.5 Å². The number of morpholine rings is 1. The molecular formula is C28H34N2O7. The Balaban J connectivity index is 1.79. The standard InChI is InChI=1S/C28H34N2O7/c1-5-37-22-9-6-19(17-23(22)35-4)25-24(26(31)20-7-8-21(34-3)18(2)16-20)27(32)28(33)30(25)11-10-29-12-14-36-15-13-29/h6-9,16-17,25,31H,5,10-15H2,1-4H3/b26-24+/t25-/m1/s1. The van der Waals surface area contributed by atoms with Crippen molar-refractivity contribution in [2.24, 2.45) is 0 Å². The number of aliphatic hydroxyl groups excluding tert-OH is 1. The number of aliphatic hydroxyl groups is 1. The first kappa shape index (κ1) is 26.5. The Kier molecular flexibility index (Phi) is 8.35. The third-order valence-electron chi connectivity index (χ3n) is 6.77. The smallest absolute Gasteiger partial charge is 0.295 e. The summed E-state index contributed by atoms with van der Waals surface area (Å²) >= 11 is 0. The molecule has 2 aromatic rings. The van der Waals surface area contributed by atoms with Crippen LogP contribution in [0.1, 0.15) is 29.7 Å². The maximum Gasteiger partial charge on any atom is 0.295 e. The van der Waals surface area contributed by atoms with Gasteiger partial charge in [-0.2, -0.15) is 0 Å². The number of Topliss-reactive ketones (excluding diaryl/α,β-unsaturated/α-hetero) is 1. The monoisotopic (exact) mass is 510 g/mol. The number of aryl methyl sites for hydroxylation is 1. The van der Waals surface area contributed by atoms with E-state index in [0.29, 0.717) is 61.3 Å². The van der Waals surface area contributed by atoms with Crippen molar-refractivity contribution in [1.29, 1.82) is 0 Å². The Morgan fingerprint density at radius 2 is 1.70 bits per heavy atom. The lowest BCUT2D eigenvalue weighted by Crippen LogP contribution is -2.42. The second kappa shape index (κ2) is 11.7. The number of amides is 1. The second-order valence-corrected chi connectivity index (χ2v) is 8.97. The Bertz CT molecular complexity index is 1190. The van der Waals surface area contributed by atoms with E-state index in [0.717, 1.165) is 18.7 Å². The van der Waals surface area contributed by atoms with Crippen molar-refractivity contribution in [2.45, 2.75) is 19.9 Å². The molecule has 2 aliphatic heterocycles. The highest BCUT2D eigenvalue weighted by Gasteiger charge is 2.46. The Hall–Kier alpha value is -3.56. The summed E-state index contributed by atoms with van der Waals surface area (Å²) in [5, 5.41) is 11.4. The van der Waals surface area contributed by atoms with Crippen LogP contribution in [-0.2, 0) is 14.3 Å². The lowest BCUT2D eigenvalue weighted by Gasteiger charge is -2.31.